The number of rotatable bonds is 5. The fourth-order valence-corrected chi connectivity index (χ4v) is 3.03. The molecule has 0 aromatic carbocycles. The van der Waals surface area contributed by atoms with E-state index in [1.807, 2.05) is 0 Å². The molecule has 100 valence electrons. The minimum Gasteiger partial charge on any atom is -0.396 e. The van der Waals surface area contributed by atoms with Crippen molar-refractivity contribution >= 4 is 0 Å². The monoisotopic (exact) mass is 242 g/mol. The van der Waals surface area contributed by atoms with Crippen molar-refractivity contribution in [3.63, 3.8) is 0 Å². The maximum absolute atomic E-state index is 8.92. The van der Waals surface area contributed by atoms with Crippen LogP contribution in [0.3, 0.4) is 0 Å². The fraction of sp³-hybridized carbons (Fsp3) is 1.00. The Morgan fingerprint density at radius 1 is 1.35 bits per heavy atom. The van der Waals surface area contributed by atoms with Crippen LogP contribution in [0.5, 0.6) is 0 Å². The van der Waals surface area contributed by atoms with Crippen LogP contribution in [0.4, 0.5) is 0 Å². The van der Waals surface area contributed by atoms with Crippen LogP contribution in [-0.2, 0) is 4.74 Å². The van der Waals surface area contributed by atoms with E-state index in [1.165, 1.54) is 19.4 Å². The summed E-state index contributed by atoms with van der Waals surface area (Å²) in [6.07, 6.45) is 5.05. The summed E-state index contributed by atoms with van der Waals surface area (Å²) < 4.78 is 5.83. The molecule has 2 saturated heterocycles. The topological polar surface area (TPSA) is 35.9 Å². The first-order chi connectivity index (χ1) is 8.29. The Hall–Kier alpha value is -0.160. The van der Waals surface area contributed by atoms with Gasteiger partial charge in [-0.2, -0.15) is 0 Å². The maximum atomic E-state index is 8.92. The van der Waals surface area contributed by atoms with Crippen LogP contribution in [0.25, 0.3) is 0 Å². The summed E-state index contributed by atoms with van der Waals surface area (Å²) in [4.78, 5) is 4.92. The Kier molecular flexibility index (Phi) is 5.22. The molecule has 0 amide bonds. The molecule has 0 aromatic rings. The van der Waals surface area contributed by atoms with Crippen molar-refractivity contribution in [3.8, 4) is 0 Å². The molecule has 0 bridgehead atoms. The van der Waals surface area contributed by atoms with Gasteiger partial charge in [0.1, 0.15) is 0 Å². The van der Waals surface area contributed by atoms with Crippen molar-refractivity contribution in [1.82, 2.24) is 9.80 Å². The van der Waals surface area contributed by atoms with E-state index >= 15 is 0 Å². The van der Waals surface area contributed by atoms with Gasteiger partial charge in [-0.3, -0.25) is 4.90 Å². The van der Waals surface area contributed by atoms with Gasteiger partial charge >= 0.3 is 0 Å². The molecule has 2 aliphatic rings. The molecule has 1 N–H and O–H groups in total. The molecule has 0 aromatic heterocycles. The lowest BCUT2D eigenvalue weighted by Gasteiger charge is -2.34. The fourth-order valence-electron chi connectivity index (χ4n) is 3.03. The molecule has 2 heterocycles. The van der Waals surface area contributed by atoms with Crippen molar-refractivity contribution in [2.45, 2.75) is 37.8 Å². The molecule has 2 atom stereocenters. The van der Waals surface area contributed by atoms with Gasteiger partial charge in [-0.25, -0.2) is 0 Å². The van der Waals surface area contributed by atoms with Crippen molar-refractivity contribution in [1.29, 1.82) is 0 Å². The Labute approximate surface area is 105 Å². The molecule has 2 unspecified atom stereocenters. The zero-order valence-electron chi connectivity index (χ0n) is 11.0. The number of hydrogen-bond donors (Lipinski definition) is 1. The third-order valence-electron chi connectivity index (χ3n) is 3.97. The highest BCUT2D eigenvalue weighted by atomic mass is 16.5. The molecular formula is C13H26N2O2. The largest absolute Gasteiger partial charge is 0.396 e. The second-order valence-corrected chi connectivity index (χ2v) is 5.41. The average Bonchev–Trinajstić information content (AvgIpc) is 2.74. The smallest absolute Gasteiger partial charge is 0.0829 e. The van der Waals surface area contributed by atoms with Crippen LogP contribution in [0.1, 0.15) is 25.7 Å². The molecule has 4 heteroatoms. The molecule has 4 nitrogen and oxygen atoms in total. The van der Waals surface area contributed by atoms with Crippen LogP contribution in [0.15, 0.2) is 0 Å². The molecule has 0 radical (unpaired) electrons. The first-order valence-electron chi connectivity index (χ1n) is 6.94. The molecule has 0 aliphatic carbocycles. The molecular weight excluding hydrogens is 216 g/mol. The van der Waals surface area contributed by atoms with Crippen LogP contribution < -0.4 is 0 Å². The minimum absolute atomic E-state index is 0.326. The van der Waals surface area contributed by atoms with Crippen LogP contribution in [0.2, 0.25) is 0 Å². The SMILES string of the molecule is CN1CCOC(CN2CCCC2CCCO)C1. The van der Waals surface area contributed by atoms with Gasteiger partial charge in [0.15, 0.2) is 0 Å². The van der Waals surface area contributed by atoms with Gasteiger partial charge in [-0.15, -0.1) is 0 Å². The second kappa shape index (κ2) is 6.69. The Morgan fingerprint density at radius 3 is 3.00 bits per heavy atom. The lowest BCUT2D eigenvalue weighted by molar-refractivity contribution is -0.0377. The predicted molar refractivity (Wildman–Crippen MR) is 68.2 cm³/mol. The van der Waals surface area contributed by atoms with Gasteiger partial charge in [-0.1, -0.05) is 0 Å². The Morgan fingerprint density at radius 2 is 2.24 bits per heavy atom. The maximum Gasteiger partial charge on any atom is 0.0829 e. The number of hydrogen-bond acceptors (Lipinski definition) is 4. The number of likely N-dealkylation sites (N-methyl/N-ethyl adjacent to an activating group) is 1. The summed E-state index contributed by atoms with van der Waals surface area (Å²) in [5.74, 6) is 0. The number of likely N-dealkylation sites (tertiary alicyclic amines) is 1. The molecule has 0 spiro atoms. The van der Waals surface area contributed by atoms with Gasteiger partial charge in [0, 0.05) is 32.3 Å². The van der Waals surface area contributed by atoms with E-state index < -0.39 is 0 Å². The van der Waals surface area contributed by atoms with Crippen LogP contribution in [0, 0.1) is 0 Å². The first kappa shape index (κ1) is 13.3. The van der Waals surface area contributed by atoms with Crippen LogP contribution >= 0.6 is 0 Å². The highest BCUT2D eigenvalue weighted by molar-refractivity contribution is 4.83. The number of ether oxygens (including phenoxy) is 1. The van der Waals surface area contributed by atoms with Gasteiger partial charge < -0.3 is 14.7 Å². The van der Waals surface area contributed by atoms with E-state index in [1.54, 1.807) is 0 Å². The Bertz CT molecular complexity index is 225. The standard InChI is InChI=1S/C13H26N2O2/c1-14-7-9-17-13(10-14)11-15-6-2-4-12(15)5-3-8-16/h12-13,16H,2-11H2,1H3. The van der Waals surface area contributed by atoms with Gasteiger partial charge in [0.2, 0.25) is 0 Å². The van der Waals surface area contributed by atoms with E-state index in [0.717, 1.165) is 39.1 Å². The van der Waals surface area contributed by atoms with Gasteiger partial charge in [-0.05, 0) is 39.3 Å². The van der Waals surface area contributed by atoms with E-state index in [9.17, 15) is 0 Å². The summed E-state index contributed by atoms with van der Waals surface area (Å²) in [6, 6.07) is 0.679. The zero-order valence-corrected chi connectivity index (χ0v) is 11.0. The summed E-state index contributed by atoms with van der Waals surface area (Å²) in [7, 11) is 2.17. The quantitative estimate of drug-likeness (QED) is 0.764. The average molecular weight is 242 g/mol. The van der Waals surface area contributed by atoms with E-state index in [-0.39, 0.29) is 0 Å². The number of aliphatic hydroxyl groups excluding tert-OH is 1. The predicted octanol–water partition coefficient (Wildman–Crippen LogP) is 0.554. The molecule has 2 aliphatic heterocycles. The Balaban J connectivity index is 1.76. The highest BCUT2D eigenvalue weighted by Crippen LogP contribution is 2.22. The van der Waals surface area contributed by atoms with E-state index in [4.69, 9.17) is 9.84 Å². The van der Waals surface area contributed by atoms with Crippen molar-refractivity contribution in [3.05, 3.63) is 0 Å². The lowest BCUT2D eigenvalue weighted by Crippen LogP contribution is -2.47. The third-order valence-corrected chi connectivity index (χ3v) is 3.97. The number of aliphatic hydroxyl groups is 1. The summed E-state index contributed by atoms with van der Waals surface area (Å²) in [5.41, 5.74) is 0. The van der Waals surface area contributed by atoms with Crippen molar-refractivity contribution < 1.29 is 9.84 Å². The normalized spacial score (nSPS) is 32.1. The molecule has 17 heavy (non-hydrogen) atoms. The van der Waals surface area contributed by atoms with Gasteiger partial charge in [0.05, 0.1) is 12.7 Å². The number of morpholine rings is 1. The second-order valence-electron chi connectivity index (χ2n) is 5.41. The summed E-state index contributed by atoms with van der Waals surface area (Å²) >= 11 is 0. The number of nitrogens with zero attached hydrogens (tertiary/aromatic N) is 2. The minimum atomic E-state index is 0.326. The summed E-state index contributed by atoms with van der Waals surface area (Å²) in [5, 5.41) is 8.92. The van der Waals surface area contributed by atoms with E-state index in [2.05, 4.69) is 16.8 Å². The molecule has 2 rings (SSSR count). The highest BCUT2D eigenvalue weighted by Gasteiger charge is 2.28. The van der Waals surface area contributed by atoms with E-state index in [0.29, 0.717) is 18.8 Å². The molecule has 2 fully saturated rings. The third kappa shape index (κ3) is 3.91. The zero-order chi connectivity index (χ0) is 12.1. The summed E-state index contributed by atoms with van der Waals surface area (Å²) in [6.45, 7) is 5.59. The lowest BCUT2D eigenvalue weighted by atomic mass is 10.1. The molecule has 0 saturated carbocycles. The van der Waals surface area contributed by atoms with Crippen molar-refractivity contribution in [2.75, 3.05) is 46.4 Å². The van der Waals surface area contributed by atoms with Crippen molar-refractivity contribution in [2.24, 2.45) is 0 Å². The van der Waals surface area contributed by atoms with Gasteiger partial charge in [0.25, 0.3) is 0 Å². The first-order valence-corrected chi connectivity index (χ1v) is 6.94. The van der Waals surface area contributed by atoms with Crippen LogP contribution in [-0.4, -0.2) is 73.5 Å².